The third kappa shape index (κ3) is 1.28. The second-order valence-electron chi connectivity index (χ2n) is 4.76. The predicted octanol–water partition coefficient (Wildman–Crippen LogP) is 4.15. The van der Waals surface area contributed by atoms with Crippen molar-refractivity contribution in [3.8, 4) is 0 Å². The highest BCUT2D eigenvalue weighted by Crippen LogP contribution is 2.35. The molecular weight excluding hydrogens is 236 g/mol. The normalized spacial score (nSPS) is 11.6. The molecule has 0 amide bonds. The van der Waals surface area contributed by atoms with E-state index in [4.69, 9.17) is 0 Å². The molecule has 0 bridgehead atoms. The van der Waals surface area contributed by atoms with Gasteiger partial charge in [-0.3, -0.25) is 0 Å². The number of carbonyl (C=O) groups excluding carboxylic acids is 1. The van der Waals surface area contributed by atoms with Crippen LogP contribution < -0.4 is 0 Å². The van der Waals surface area contributed by atoms with Gasteiger partial charge in [0.1, 0.15) is 0 Å². The molecule has 0 N–H and O–H groups in total. The standard InChI is InChI=1S/C17H9O2/c18-17(19)14-9-7-12-5-4-10-2-1-3-11-6-8-13(14)16(12)15(10)11/h1-9H. The number of benzene rings is 4. The van der Waals surface area contributed by atoms with Crippen LogP contribution in [0, 0.1) is 0 Å². The van der Waals surface area contributed by atoms with Crippen molar-refractivity contribution in [1.29, 1.82) is 0 Å². The fraction of sp³-hybridized carbons (Fsp3) is 0. The molecule has 4 rings (SSSR count). The van der Waals surface area contributed by atoms with Crippen LogP contribution in [-0.2, 0) is 5.11 Å². The van der Waals surface area contributed by atoms with E-state index in [9.17, 15) is 9.90 Å². The van der Waals surface area contributed by atoms with Crippen LogP contribution in [0.1, 0.15) is 10.4 Å². The van der Waals surface area contributed by atoms with Crippen LogP contribution in [0.5, 0.6) is 0 Å². The quantitative estimate of drug-likeness (QED) is 0.464. The molecule has 19 heavy (non-hydrogen) atoms. The molecule has 0 atom stereocenters. The van der Waals surface area contributed by atoms with Gasteiger partial charge in [0.25, 0.3) is 0 Å². The third-order valence-corrected chi connectivity index (χ3v) is 3.75. The van der Waals surface area contributed by atoms with Crippen LogP contribution in [0.4, 0.5) is 0 Å². The van der Waals surface area contributed by atoms with Crippen molar-refractivity contribution in [2.75, 3.05) is 0 Å². The number of carbonyl (C=O) groups is 1. The average molecular weight is 245 g/mol. The summed E-state index contributed by atoms with van der Waals surface area (Å²) in [5, 5.41) is 17.4. The van der Waals surface area contributed by atoms with Crippen LogP contribution in [-0.4, -0.2) is 5.97 Å². The predicted molar refractivity (Wildman–Crippen MR) is 75.2 cm³/mol. The Morgan fingerprint density at radius 2 is 1.26 bits per heavy atom. The Morgan fingerprint density at radius 1 is 0.684 bits per heavy atom. The van der Waals surface area contributed by atoms with Crippen molar-refractivity contribution in [3.63, 3.8) is 0 Å². The molecule has 0 aromatic heterocycles. The molecule has 4 aromatic rings. The van der Waals surface area contributed by atoms with Gasteiger partial charge in [-0.05, 0) is 38.4 Å². The molecule has 0 saturated carbocycles. The zero-order chi connectivity index (χ0) is 13.0. The topological polar surface area (TPSA) is 37.0 Å². The lowest BCUT2D eigenvalue weighted by molar-refractivity contribution is 0.0575. The van der Waals surface area contributed by atoms with E-state index in [1.54, 1.807) is 6.07 Å². The van der Waals surface area contributed by atoms with Crippen LogP contribution >= 0.6 is 0 Å². The Bertz CT molecular complexity index is 922. The molecule has 89 valence electrons. The van der Waals surface area contributed by atoms with Gasteiger partial charge in [-0.1, -0.05) is 48.5 Å². The van der Waals surface area contributed by atoms with Gasteiger partial charge in [0.2, 0.25) is 0 Å². The SMILES string of the molecule is [O]C(=O)c1ccc2ccc3cccc4ccc1c2c34. The Morgan fingerprint density at radius 3 is 1.95 bits per heavy atom. The Hall–Kier alpha value is -2.61. The Kier molecular flexibility index (Phi) is 1.88. The van der Waals surface area contributed by atoms with Crippen molar-refractivity contribution in [2.45, 2.75) is 0 Å². The van der Waals surface area contributed by atoms with E-state index in [1.807, 2.05) is 42.5 Å². The van der Waals surface area contributed by atoms with E-state index in [1.165, 1.54) is 0 Å². The van der Waals surface area contributed by atoms with Crippen molar-refractivity contribution in [3.05, 3.63) is 60.2 Å². The summed E-state index contributed by atoms with van der Waals surface area (Å²) in [6.45, 7) is 0. The van der Waals surface area contributed by atoms with Gasteiger partial charge in [-0.2, -0.15) is 0 Å². The molecule has 0 spiro atoms. The fourth-order valence-corrected chi connectivity index (χ4v) is 2.91. The smallest absolute Gasteiger partial charge is 0.241 e. The average Bonchev–Trinajstić information content (AvgIpc) is 2.44. The Labute approximate surface area is 109 Å². The molecule has 0 fully saturated rings. The monoisotopic (exact) mass is 245 g/mol. The Balaban J connectivity index is 2.38. The maximum atomic E-state index is 11.2. The van der Waals surface area contributed by atoms with Crippen LogP contribution in [0.3, 0.4) is 0 Å². The minimum absolute atomic E-state index is 0.255. The molecule has 2 nitrogen and oxygen atoms in total. The van der Waals surface area contributed by atoms with E-state index >= 15 is 0 Å². The highest BCUT2D eigenvalue weighted by molar-refractivity contribution is 6.25. The molecule has 0 aliphatic heterocycles. The van der Waals surface area contributed by atoms with E-state index in [2.05, 4.69) is 6.07 Å². The van der Waals surface area contributed by atoms with Crippen molar-refractivity contribution < 1.29 is 9.90 Å². The first-order chi connectivity index (χ1) is 9.25. The minimum Gasteiger partial charge on any atom is -0.241 e. The maximum Gasteiger partial charge on any atom is 0.386 e. The lowest BCUT2D eigenvalue weighted by atomic mass is 9.92. The summed E-state index contributed by atoms with van der Waals surface area (Å²) in [5.74, 6) is -1.13. The summed E-state index contributed by atoms with van der Waals surface area (Å²) >= 11 is 0. The first kappa shape index (κ1) is 10.3. The zero-order valence-corrected chi connectivity index (χ0v) is 10.0. The van der Waals surface area contributed by atoms with Crippen molar-refractivity contribution in [2.24, 2.45) is 0 Å². The van der Waals surface area contributed by atoms with E-state index in [0.29, 0.717) is 0 Å². The highest BCUT2D eigenvalue weighted by Gasteiger charge is 2.14. The first-order valence-electron chi connectivity index (χ1n) is 6.13. The van der Waals surface area contributed by atoms with Gasteiger partial charge in [-0.25, -0.2) is 9.90 Å². The summed E-state index contributed by atoms with van der Waals surface area (Å²) in [6, 6.07) is 17.5. The summed E-state index contributed by atoms with van der Waals surface area (Å²) in [7, 11) is 0. The summed E-state index contributed by atoms with van der Waals surface area (Å²) in [6.07, 6.45) is 0. The third-order valence-electron chi connectivity index (χ3n) is 3.75. The van der Waals surface area contributed by atoms with Crippen LogP contribution in [0.15, 0.2) is 54.6 Å². The number of hydrogen-bond donors (Lipinski definition) is 0. The zero-order valence-electron chi connectivity index (χ0n) is 10.0. The number of hydrogen-bond acceptors (Lipinski definition) is 1. The van der Waals surface area contributed by atoms with Gasteiger partial charge >= 0.3 is 5.97 Å². The molecule has 2 heteroatoms. The van der Waals surface area contributed by atoms with E-state index < -0.39 is 5.97 Å². The summed E-state index contributed by atoms with van der Waals surface area (Å²) in [4.78, 5) is 11.2. The van der Waals surface area contributed by atoms with Crippen molar-refractivity contribution in [1.82, 2.24) is 0 Å². The van der Waals surface area contributed by atoms with E-state index in [0.717, 1.165) is 32.3 Å². The van der Waals surface area contributed by atoms with Gasteiger partial charge in [0, 0.05) is 0 Å². The number of rotatable bonds is 1. The molecule has 0 unspecified atom stereocenters. The van der Waals surface area contributed by atoms with Gasteiger partial charge in [0.15, 0.2) is 0 Å². The minimum atomic E-state index is -1.13. The lowest BCUT2D eigenvalue weighted by Gasteiger charge is -2.11. The van der Waals surface area contributed by atoms with E-state index in [-0.39, 0.29) is 5.56 Å². The van der Waals surface area contributed by atoms with Crippen LogP contribution in [0.2, 0.25) is 0 Å². The second-order valence-corrected chi connectivity index (χ2v) is 4.76. The molecule has 0 aliphatic rings. The van der Waals surface area contributed by atoms with Gasteiger partial charge in [-0.15, -0.1) is 0 Å². The summed E-state index contributed by atoms with van der Waals surface area (Å²) < 4.78 is 0. The molecular formula is C17H9O2. The largest absolute Gasteiger partial charge is 0.386 e. The molecule has 4 aromatic carbocycles. The highest BCUT2D eigenvalue weighted by atomic mass is 16.4. The second kappa shape index (κ2) is 3.45. The van der Waals surface area contributed by atoms with Gasteiger partial charge in [0.05, 0.1) is 5.56 Å². The lowest BCUT2D eigenvalue weighted by Crippen LogP contribution is -1.96. The first-order valence-corrected chi connectivity index (χ1v) is 6.13. The summed E-state index contributed by atoms with van der Waals surface area (Å²) in [5.41, 5.74) is 0.255. The van der Waals surface area contributed by atoms with Crippen LogP contribution in [0.25, 0.3) is 32.3 Å². The maximum absolute atomic E-state index is 11.2. The fourth-order valence-electron chi connectivity index (χ4n) is 2.91. The van der Waals surface area contributed by atoms with Crippen molar-refractivity contribution >= 4 is 38.3 Å². The molecule has 0 saturated heterocycles. The molecule has 0 aliphatic carbocycles. The van der Waals surface area contributed by atoms with Gasteiger partial charge < -0.3 is 0 Å². The molecule has 1 radical (unpaired) electrons. The molecule has 0 heterocycles.